The molecule has 2 aromatic carbocycles. The predicted octanol–water partition coefficient (Wildman–Crippen LogP) is 4.21. The first kappa shape index (κ1) is 14.5. The Morgan fingerprint density at radius 2 is 1.64 bits per heavy atom. The number of carboxylic acids is 1. The van der Waals surface area contributed by atoms with Crippen LogP contribution in [0.4, 0.5) is 20.2 Å². The highest BCUT2D eigenvalue weighted by Crippen LogP contribution is 2.44. The van der Waals surface area contributed by atoms with Crippen LogP contribution in [0, 0.1) is 11.6 Å². The number of aliphatic carboxylic acids is 1. The van der Waals surface area contributed by atoms with E-state index in [4.69, 9.17) is 0 Å². The molecule has 0 amide bonds. The van der Waals surface area contributed by atoms with Gasteiger partial charge in [0.2, 0.25) is 0 Å². The summed E-state index contributed by atoms with van der Waals surface area (Å²) in [5.41, 5.74) is 1.14. The van der Waals surface area contributed by atoms with Gasteiger partial charge in [-0.15, -0.1) is 0 Å². The summed E-state index contributed by atoms with van der Waals surface area (Å²) in [5.74, 6) is -2.60. The third-order valence-corrected chi connectivity index (χ3v) is 4.26. The molecule has 3 rings (SSSR count). The number of anilines is 2. The Labute approximate surface area is 126 Å². The van der Waals surface area contributed by atoms with Gasteiger partial charge in [-0.25, -0.2) is 8.78 Å². The summed E-state index contributed by atoms with van der Waals surface area (Å²) >= 11 is 0. The second kappa shape index (κ2) is 5.40. The molecule has 2 N–H and O–H groups in total. The Hall–Kier alpha value is -2.43. The van der Waals surface area contributed by atoms with Crippen molar-refractivity contribution in [2.45, 2.75) is 24.7 Å². The molecule has 114 valence electrons. The topological polar surface area (TPSA) is 49.3 Å². The fraction of sp³-hybridized carbons (Fsp3) is 0.235. The minimum Gasteiger partial charge on any atom is -0.481 e. The van der Waals surface area contributed by atoms with E-state index in [0.717, 1.165) is 24.1 Å². The van der Waals surface area contributed by atoms with E-state index in [1.165, 1.54) is 6.07 Å². The SMILES string of the molecule is O=C(O)C1(c2ccc(Nc3ccc(F)c(F)c3)cc2)CCC1. The molecule has 22 heavy (non-hydrogen) atoms. The van der Waals surface area contributed by atoms with Crippen LogP contribution in [0.2, 0.25) is 0 Å². The van der Waals surface area contributed by atoms with E-state index < -0.39 is 23.0 Å². The van der Waals surface area contributed by atoms with Crippen LogP contribution in [0.1, 0.15) is 24.8 Å². The average Bonchev–Trinajstić information content (AvgIpc) is 2.43. The second-order valence-corrected chi connectivity index (χ2v) is 5.57. The highest BCUT2D eigenvalue weighted by Gasteiger charge is 2.45. The number of carbonyl (C=O) groups is 1. The van der Waals surface area contributed by atoms with E-state index in [1.54, 1.807) is 24.3 Å². The molecular weight excluding hydrogens is 288 g/mol. The summed E-state index contributed by atoms with van der Waals surface area (Å²) in [5, 5.41) is 12.4. The first-order chi connectivity index (χ1) is 10.5. The van der Waals surface area contributed by atoms with Gasteiger partial charge in [0.1, 0.15) is 0 Å². The van der Waals surface area contributed by atoms with Crippen molar-refractivity contribution in [3.05, 3.63) is 59.7 Å². The molecule has 0 atom stereocenters. The maximum absolute atomic E-state index is 13.2. The summed E-state index contributed by atoms with van der Waals surface area (Å²) in [6, 6.07) is 10.6. The molecule has 0 heterocycles. The summed E-state index contributed by atoms with van der Waals surface area (Å²) in [4.78, 5) is 11.5. The Bertz CT molecular complexity index is 709. The van der Waals surface area contributed by atoms with Gasteiger partial charge in [0.05, 0.1) is 5.41 Å². The van der Waals surface area contributed by atoms with E-state index >= 15 is 0 Å². The van der Waals surface area contributed by atoms with Gasteiger partial charge in [0.15, 0.2) is 11.6 Å². The lowest BCUT2D eigenvalue weighted by Gasteiger charge is -2.38. The molecular formula is C17H15F2NO2. The Balaban J connectivity index is 1.79. The van der Waals surface area contributed by atoms with Crippen LogP contribution >= 0.6 is 0 Å². The van der Waals surface area contributed by atoms with E-state index in [9.17, 15) is 18.7 Å². The highest BCUT2D eigenvalue weighted by molar-refractivity contribution is 5.82. The van der Waals surface area contributed by atoms with Gasteiger partial charge in [-0.2, -0.15) is 0 Å². The van der Waals surface area contributed by atoms with Crippen molar-refractivity contribution in [2.24, 2.45) is 0 Å². The monoisotopic (exact) mass is 303 g/mol. The maximum Gasteiger partial charge on any atom is 0.314 e. The standard InChI is InChI=1S/C17H15F2NO2/c18-14-7-6-13(10-15(14)19)20-12-4-2-11(3-5-12)17(16(21)22)8-1-9-17/h2-7,10,20H,1,8-9H2,(H,21,22). The smallest absolute Gasteiger partial charge is 0.314 e. The molecule has 0 bridgehead atoms. The van der Waals surface area contributed by atoms with Crippen molar-refractivity contribution in [3.63, 3.8) is 0 Å². The Morgan fingerprint density at radius 1 is 1.00 bits per heavy atom. The lowest BCUT2D eigenvalue weighted by molar-refractivity contribution is -0.147. The van der Waals surface area contributed by atoms with Crippen molar-refractivity contribution >= 4 is 17.3 Å². The van der Waals surface area contributed by atoms with Gasteiger partial charge >= 0.3 is 5.97 Å². The molecule has 1 saturated carbocycles. The van der Waals surface area contributed by atoms with Crippen LogP contribution in [0.5, 0.6) is 0 Å². The molecule has 5 heteroatoms. The van der Waals surface area contributed by atoms with Crippen molar-refractivity contribution in [2.75, 3.05) is 5.32 Å². The quantitative estimate of drug-likeness (QED) is 0.889. The van der Waals surface area contributed by atoms with Crippen LogP contribution in [0.3, 0.4) is 0 Å². The van der Waals surface area contributed by atoms with Gasteiger partial charge in [0, 0.05) is 17.4 Å². The van der Waals surface area contributed by atoms with Crippen molar-refractivity contribution < 1.29 is 18.7 Å². The van der Waals surface area contributed by atoms with Gasteiger partial charge in [0.25, 0.3) is 0 Å². The molecule has 0 aliphatic heterocycles. The van der Waals surface area contributed by atoms with Crippen LogP contribution < -0.4 is 5.32 Å². The Morgan fingerprint density at radius 3 is 2.14 bits per heavy atom. The van der Waals surface area contributed by atoms with Crippen molar-refractivity contribution in [3.8, 4) is 0 Å². The van der Waals surface area contributed by atoms with Crippen LogP contribution in [-0.4, -0.2) is 11.1 Å². The molecule has 3 nitrogen and oxygen atoms in total. The first-order valence-electron chi connectivity index (χ1n) is 7.07. The molecule has 0 spiro atoms. The van der Waals surface area contributed by atoms with E-state index in [-0.39, 0.29) is 0 Å². The predicted molar refractivity (Wildman–Crippen MR) is 79.2 cm³/mol. The third kappa shape index (κ3) is 2.43. The zero-order valence-electron chi connectivity index (χ0n) is 11.8. The van der Waals surface area contributed by atoms with E-state index in [2.05, 4.69) is 5.32 Å². The third-order valence-electron chi connectivity index (χ3n) is 4.26. The van der Waals surface area contributed by atoms with Crippen molar-refractivity contribution in [1.29, 1.82) is 0 Å². The van der Waals surface area contributed by atoms with Gasteiger partial charge in [-0.1, -0.05) is 18.6 Å². The summed E-state index contributed by atoms with van der Waals surface area (Å²) in [7, 11) is 0. The van der Waals surface area contributed by atoms with Gasteiger partial charge in [-0.05, 0) is 42.7 Å². The highest BCUT2D eigenvalue weighted by atomic mass is 19.2. The van der Waals surface area contributed by atoms with Gasteiger partial charge < -0.3 is 10.4 Å². The zero-order chi connectivity index (χ0) is 15.7. The van der Waals surface area contributed by atoms with Crippen LogP contribution in [-0.2, 0) is 10.2 Å². The summed E-state index contributed by atoms with van der Waals surface area (Å²) < 4.78 is 26.0. The molecule has 2 aromatic rings. The minimum absolute atomic E-state index is 0.434. The maximum atomic E-state index is 13.2. The van der Waals surface area contributed by atoms with Gasteiger partial charge in [-0.3, -0.25) is 4.79 Å². The summed E-state index contributed by atoms with van der Waals surface area (Å²) in [6.07, 6.45) is 2.22. The van der Waals surface area contributed by atoms with E-state index in [0.29, 0.717) is 24.2 Å². The molecule has 0 unspecified atom stereocenters. The van der Waals surface area contributed by atoms with Crippen LogP contribution in [0.15, 0.2) is 42.5 Å². The average molecular weight is 303 g/mol. The minimum atomic E-state index is -0.916. The molecule has 0 aromatic heterocycles. The fourth-order valence-electron chi connectivity index (χ4n) is 2.77. The second-order valence-electron chi connectivity index (χ2n) is 5.57. The molecule has 0 saturated heterocycles. The molecule has 0 radical (unpaired) electrons. The zero-order valence-corrected chi connectivity index (χ0v) is 11.8. The first-order valence-corrected chi connectivity index (χ1v) is 7.07. The number of rotatable bonds is 4. The molecule has 1 aliphatic carbocycles. The number of benzene rings is 2. The van der Waals surface area contributed by atoms with E-state index in [1.807, 2.05) is 0 Å². The number of nitrogens with one attached hydrogen (secondary N) is 1. The fourth-order valence-corrected chi connectivity index (χ4v) is 2.77. The largest absolute Gasteiger partial charge is 0.481 e. The lowest BCUT2D eigenvalue weighted by atomic mass is 9.64. The number of hydrogen-bond acceptors (Lipinski definition) is 2. The van der Waals surface area contributed by atoms with Crippen molar-refractivity contribution in [1.82, 2.24) is 0 Å². The number of halogens is 2. The lowest BCUT2D eigenvalue weighted by Crippen LogP contribution is -2.42. The summed E-state index contributed by atoms with van der Waals surface area (Å²) in [6.45, 7) is 0. The Kier molecular flexibility index (Phi) is 3.56. The molecule has 1 fully saturated rings. The molecule has 1 aliphatic rings. The van der Waals surface area contributed by atoms with Crippen LogP contribution in [0.25, 0.3) is 0 Å². The number of carboxylic acid groups (broad SMARTS) is 1. The number of hydrogen-bond donors (Lipinski definition) is 2. The normalized spacial score (nSPS) is 15.9.